The summed E-state index contributed by atoms with van der Waals surface area (Å²) >= 11 is 0. The molecule has 0 saturated carbocycles. The molecule has 1 aromatic carbocycles. The smallest absolute Gasteiger partial charge is 0.254 e. The highest BCUT2D eigenvalue weighted by Crippen LogP contribution is 2.33. The zero-order chi connectivity index (χ0) is 18.2. The van der Waals surface area contributed by atoms with Crippen LogP contribution in [0.5, 0.6) is 0 Å². The number of ether oxygens (including phenoxy) is 1. The standard InChI is InChI=1S/C18H23N3O4/c1-12(22)20-9-6-13-10-14(4-5-15(13)20)16(23)21-8-3-7-18(21,11-25-2)17(19)24/h4-5,10H,3,6-9,11H2,1-2H3,(H2,19,24). The summed E-state index contributed by atoms with van der Waals surface area (Å²) in [5.41, 5.74) is 6.85. The molecule has 1 aromatic rings. The summed E-state index contributed by atoms with van der Waals surface area (Å²) in [6, 6.07) is 5.33. The van der Waals surface area contributed by atoms with Gasteiger partial charge in [-0.05, 0) is 43.0 Å². The van der Waals surface area contributed by atoms with E-state index in [1.54, 1.807) is 17.0 Å². The Morgan fingerprint density at radius 1 is 1.28 bits per heavy atom. The lowest BCUT2D eigenvalue weighted by Crippen LogP contribution is -2.58. The topological polar surface area (TPSA) is 92.9 Å². The number of rotatable bonds is 4. The van der Waals surface area contributed by atoms with E-state index >= 15 is 0 Å². The molecule has 0 aromatic heterocycles. The summed E-state index contributed by atoms with van der Waals surface area (Å²) in [7, 11) is 1.50. The monoisotopic (exact) mass is 345 g/mol. The second-order valence-electron chi connectivity index (χ2n) is 6.65. The van der Waals surface area contributed by atoms with Gasteiger partial charge in [0.05, 0.1) is 6.61 Å². The number of amides is 3. The maximum atomic E-state index is 13.0. The predicted molar refractivity (Wildman–Crippen MR) is 92.2 cm³/mol. The molecular formula is C18H23N3O4. The van der Waals surface area contributed by atoms with E-state index in [2.05, 4.69) is 0 Å². The van der Waals surface area contributed by atoms with Crippen LogP contribution in [0.25, 0.3) is 0 Å². The quantitative estimate of drug-likeness (QED) is 0.869. The molecule has 1 saturated heterocycles. The van der Waals surface area contributed by atoms with Gasteiger partial charge in [0.1, 0.15) is 5.54 Å². The number of carbonyl (C=O) groups excluding carboxylic acids is 3. The van der Waals surface area contributed by atoms with E-state index in [4.69, 9.17) is 10.5 Å². The van der Waals surface area contributed by atoms with Gasteiger partial charge in [-0.25, -0.2) is 0 Å². The van der Waals surface area contributed by atoms with Crippen LogP contribution < -0.4 is 10.6 Å². The van der Waals surface area contributed by atoms with Gasteiger partial charge in [0.15, 0.2) is 0 Å². The van der Waals surface area contributed by atoms with Gasteiger partial charge in [-0.15, -0.1) is 0 Å². The number of likely N-dealkylation sites (tertiary alicyclic amines) is 1. The van der Waals surface area contributed by atoms with Crippen LogP contribution in [0.15, 0.2) is 18.2 Å². The summed E-state index contributed by atoms with van der Waals surface area (Å²) in [4.78, 5) is 40.0. The van der Waals surface area contributed by atoms with Crippen LogP contribution in [0.1, 0.15) is 35.7 Å². The fraction of sp³-hybridized carbons (Fsp3) is 0.500. The van der Waals surface area contributed by atoms with Crippen molar-refractivity contribution in [2.45, 2.75) is 31.7 Å². The van der Waals surface area contributed by atoms with Crippen LogP contribution in [0.4, 0.5) is 5.69 Å². The van der Waals surface area contributed by atoms with E-state index in [0.29, 0.717) is 31.5 Å². The number of carbonyl (C=O) groups is 3. The summed E-state index contributed by atoms with van der Waals surface area (Å²) in [6.45, 7) is 2.73. The average Bonchev–Trinajstić information content (AvgIpc) is 3.18. The second-order valence-corrected chi connectivity index (χ2v) is 6.65. The molecule has 0 spiro atoms. The van der Waals surface area contributed by atoms with Gasteiger partial charge in [0.25, 0.3) is 5.91 Å². The number of anilines is 1. The van der Waals surface area contributed by atoms with Crippen molar-refractivity contribution in [3.63, 3.8) is 0 Å². The van der Waals surface area contributed by atoms with Crippen LogP contribution in [0, 0.1) is 0 Å². The van der Waals surface area contributed by atoms with Gasteiger partial charge in [-0.1, -0.05) is 0 Å². The highest BCUT2D eigenvalue weighted by atomic mass is 16.5. The number of primary amides is 1. The normalized spacial score (nSPS) is 22.2. The van der Waals surface area contributed by atoms with E-state index in [1.807, 2.05) is 6.07 Å². The van der Waals surface area contributed by atoms with Crippen molar-refractivity contribution in [3.05, 3.63) is 29.3 Å². The zero-order valence-electron chi connectivity index (χ0n) is 14.6. The first-order valence-electron chi connectivity index (χ1n) is 8.42. The minimum Gasteiger partial charge on any atom is -0.382 e. The third-order valence-corrected chi connectivity index (χ3v) is 5.18. The first kappa shape index (κ1) is 17.4. The first-order chi connectivity index (χ1) is 11.9. The number of hydrogen-bond donors (Lipinski definition) is 1. The minimum atomic E-state index is -1.09. The van der Waals surface area contributed by atoms with Crippen LogP contribution in [-0.4, -0.2) is 55.0 Å². The first-order valence-corrected chi connectivity index (χ1v) is 8.42. The van der Waals surface area contributed by atoms with Crippen molar-refractivity contribution in [1.29, 1.82) is 0 Å². The molecule has 1 unspecified atom stereocenters. The Hall–Kier alpha value is -2.41. The Bertz CT molecular complexity index is 733. The number of fused-ring (bicyclic) bond motifs is 1. The van der Waals surface area contributed by atoms with Gasteiger partial charge < -0.3 is 20.3 Å². The Morgan fingerprint density at radius 3 is 2.68 bits per heavy atom. The van der Waals surface area contributed by atoms with Crippen molar-refractivity contribution < 1.29 is 19.1 Å². The summed E-state index contributed by atoms with van der Waals surface area (Å²) < 4.78 is 5.18. The maximum absolute atomic E-state index is 13.0. The van der Waals surface area contributed by atoms with Gasteiger partial charge in [-0.2, -0.15) is 0 Å². The second kappa shape index (κ2) is 6.48. The fourth-order valence-electron chi connectivity index (χ4n) is 3.91. The molecule has 7 nitrogen and oxygen atoms in total. The Kier molecular flexibility index (Phi) is 4.51. The molecule has 3 rings (SSSR count). The molecule has 1 atom stereocenters. The van der Waals surface area contributed by atoms with Crippen LogP contribution in [-0.2, 0) is 20.7 Å². The molecule has 2 heterocycles. The molecule has 0 bridgehead atoms. The number of nitrogens with zero attached hydrogens (tertiary/aromatic N) is 2. The predicted octanol–water partition coefficient (Wildman–Crippen LogP) is 0.702. The lowest BCUT2D eigenvalue weighted by atomic mass is 9.95. The largest absolute Gasteiger partial charge is 0.382 e. The molecule has 134 valence electrons. The molecule has 2 aliphatic heterocycles. The molecular weight excluding hydrogens is 322 g/mol. The Morgan fingerprint density at radius 2 is 2.04 bits per heavy atom. The van der Waals surface area contributed by atoms with Crippen LogP contribution >= 0.6 is 0 Å². The van der Waals surface area contributed by atoms with E-state index in [1.165, 1.54) is 18.9 Å². The van der Waals surface area contributed by atoms with Gasteiger partial charge >= 0.3 is 0 Å². The van der Waals surface area contributed by atoms with Crippen molar-refractivity contribution >= 4 is 23.4 Å². The van der Waals surface area contributed by atoms with Crippen molar-refractivity contribution in [2.75, 3.05) is 31.7 Å². The van der Waals surface area contributed by atoms with Gasteiger partial charge in [0, 0.05) is 38.4 Å². The highest BCUT2D eigenvalue weighted by Gasteiger charge is 2.49. The molecule has 0 aliphatic carbocycles. The van der Waals surface area contributed by atoms with E-state index in [9.17, 15) is 14.4 Å². The molecule has 2 aliphatic rings. The number of hydrogen-bond acceptors (Lipinski definition) is 4. The van der Waals surface area contributed by atoms with Crippen molar-refractivity contribution in [1.82, 2.24) is 4.90 Å². The summed E-state index contributed by atoms with van der Waals surface area (Å²) in [6.07, 6.45) is 1.93. The van der Waals surface area contributed by atoms with Crippen molar-refractivity contribution in [3.8, 4) is 0 Å². The third kappa shape index (κ3) is 2.78. The molecule has 25 heavy (non-hydrogen) atoms. The molecule has 0 radical (unpaired) electrons. The highest BCUT2D eigenvalue weighted by molar-refractivity contribution is 6.01. The van der Waals surface area contributed by atoms with E-state index in [-0.39, 0.29) is 18.4 Å². The number of benzene rings is 1. The fourth-order valence-corrected chi connectivity index (χ4v) is 3.91. The minimum absolute atomic E-state index is 0.00907. The number of nitrogens with two attached hydrogens (primary N) is 1. The zero-order valence-corrected chi connectivity index (χ0v) is 14.6. The lowest BCUT2D eigenvalue weighted by molar-refractivity contribution is -0.130. The van der Waals surface area contributed by atoms with Gasteiger partial charge in [-0.3, -0.25) is 14.4 Å². The SMILES string of the molecule is COCC1(C(N)=O)CCCN1C(=O)c1ccc2c(c1)CCN2C(C)=O. The average molecular weight is 345 g/mol. The maximum Gasteiger partial charge on any atom is 0.254 e. The summed E-state index contributed by atoms with van der Waals surface area (Å²) in [5.74, 6) is -0.772. The number of methoxy groups -OCH3 is 1. The Balaban J connectivity index is 1.91. The van der Waals surface area contributed by atoms with E-state index in [0.717, 1.165) is 17.7 Å². The molecule has 7 heteroatoms. The molecule has 1 fully saturated rings. The van der Waals surface area contributed by atoms with Crippen LogP contribution in [0.3, 0.4) is 0 Å². The third-order valence-electron chi connectivity index (χ3n) is 5.18. The van der Waals surface area contributed by atoms with Gasteiger partial charge in [0.2, 0.25) is 11.8 Å². The lowest BCUT2D eigenvalue weighted by Gasteiger charge is -2.35. The molecule has 2 N–H and O–H groups in total. The van der Waals surface area contributed by atoms with E-state index < -0.39 is 11.4 Å². The Labute approximate surface area is 146 Å². The summed E-state index contributed by atoms with van der Waals surface area (Å²) in [5, 5.41) is 0. The van der Waals surface area contributed by atoms with Crippen molar-refractivity contribution in [2.24, 2.45) is 5.73 Å². The molecule has 3 amide bonds. The van der Waals surface area contributed by atoms with Crippen LogP contribution in [0.2, 0.25) is 0 Å².